The van der Waals surface area contributed by atoms with Gasteiger partial charge in [-0.05, 0) is 55.3 Å². The van der Waals surface area contributed by atoms with E-state index in [1.54, 1.807) is 37.1 Å². The number of methoxy groups -OCH3 is 1. The number of benzene rings is 3. The fraction of sp³-hybridized carbons (Fsp3) is 0.207. The molecule has 1 saturated heterocycles. The van der Waals surface area contributed by atoms with Gasteiger partial charge >= 0.3 is 0 Å². The highest BCUT2D eigenvalue weighted by Gasteiger charge is 2.37. The predicted molar refractivity (Wildman–Crippen MR) is 149 cm³/mol. The van der Waals surface area contributed by atoms with E-state index in [1.807, 2.05) is 67.6 Å². The van der Waals surface area contributed by atoms with Gasteiger partial charge in [0, 0.05) is 23.7 Å². The summed E-state index contributed by atoms with van der Waals surface area (Å²) in [6, 6.07) is 23.9. The molecule has 2 amide bonds. The molecule has 37 heavy (non-hydrogen) atoms. The monoisotopic (exact) mass is 512 g/mol. The van der Waals surface area contributed by atoms with Crippen LogP contribution in [0.2, 0.25) is 0 Å². The second-order valence-electron chi connectivity index (χ2n) is 8.79. The maximum absolute atomic E-state index is 13.6. The van der Waals surface area contributed by atoms with E-state index in [4.69, 9.17) is 9.73 Å². The molecule has 1 fully saturated rings. The molecule has 188 valence electrons. The van der Waals surface area contributed by atoms with Crippen LogP contribution in [0.3, 0.4) is 0 Å². The third-order valence-corrected chi connectivity index (χ3v) is 7.42. The number of thioether (sulfide) groups is 1. The molecule has 2 heterocycles. The van der Waals surface area contributed by atoms with Crippen molar-refractivity contribution in [2.45, 2.75) is 19.4 Å². The number of nitrogens with one attached hydrogen (secondary N) is 2. The molecule has 8 heteroatoms. The van der Waals surface area contributed by atoms with E-state index in [9.17, 15) is 9.59 Å². The molecule has 1 unspecified atom stereocenters. The van der Waals surface area contributed by atoms with Crippen molar-refractivity contribution in [2.75, 3.05) is 30.0 Å². The summed E-state index contributed by atoms with van der Waals surface area (Å²) in [5.41, 5.74) is 4.03. The van der Waals surface area contributed by atoms with E-state index in [1.165, 1.54) is 0 Å². The minimum Gasteiger partial charge on any atom is -0.496 e. The Balaban J connectivity index is 1.49. The molecule has 0 bridgehead atoms. The standard InChI is InChI=1S/C29H28N4O3S/c1-19-25(28(35)31-21-11-4-3-5-12-21)26(33-16-9-17-37-29(33)30-19)20-10-8-13-22(18-20)32-27(34)23-14-6-7-15-24(23)36-2/h3-8,10-15,18,26H,9,16-17H2,1-2H3,(H,31,35)(H,32,34). The molecule has 1 atom stereocenters. The molecule has 7 nitrogen and oxygen atoms in total. The van der Waals surface area contributed by atoms with Crippen LogP contribution < -0.4 is 15.4 Å². The van der Waals surface area contributed by atoms with Gasteiger partial charge in [-0.2, -0.15) is 0 Å². The highest BCUT2D eigenvalue weighted by atomic mass is 32.2. The van der Waals surface area contributed by atoms with Crippen LogP contribution in [0.15, 0.2) is 95.1 Å². The normalized spacial score (nSPS) is 17.0. The number of hydrogen-bond donors (Lipinski definition) is 2. The SMILES string of the molecule is COc1ccccc1C(=O)Nc1cccc(C2C(C(=O)Nc3ccccc3)=C(C)N=C3SCCCN32)c1. The summed E-state index contributed by atoms with van der Waals surface area (Å²) in [6.45, 7) is 2.68. The van der Waals surface area contributed by atoms with Crippen LogP contribution in [0.4, 0.5) is 11.4 Å². The number of carbonyl (C=O) groups is 2. The first kappa shape index (κ1) is 24.6. The van der Waals surface area contributed by atoms with Crippen molar-refractivity contribution in [1.29, 1.82) is 0 Å². The maximum atomic E-state index is 13.6. The second kappa shape index (κ2) is 10.9. The summed E-state index contributed by atoms with van der Waals surface area (Å²) in [4.78, 5) is 33.6. The van der Waals surface area contributed by atoms with E-state index in [-0.39, 0.29) is 17.9 Å². The number of aliphatic imine (C=N–C) groups is 1. The number of anilines is 2. The first-order chi connectivity index (χ1) is 18.0. The molecule has 5 rings (SSSR count). The third kappa shape index (κ3) is 5.24. The lowest BCUT2D eigenvalue weighted by Crippen LogP contribution is -2.43. The first-order valence-corrected chi connectivity index (χ1v) is 13.1. The van der Waals surface area contributed by atoms with Gasteiger partial charge in [-0.1, -0.05) is 54.2 Å². The van der Waals surface area contributed by atoms with Gasteiger partial charge in [0.05, 0.1) is 30.0 Å². The van der Waals surface area contributed by atoms with E-state index in [2.05, 4.69) is 15.5 Å². The Morgan fingerprint density at radius 1 is 0.946 bits per heavy atom. The van der Waals surface area contributed by atoms with Crippen molar-refractivity contribution in [3.8, 4) is 5.75 Å². The largest absolute Gasteiger partial charge is 0.496 e. The molecular formula is C29H28N4O3S. The van der Waals surface area contributed by atoms with Crippen LogP contribution in [0, 0.1) is 0 Å². The average molecular weight is 513 g/mol. The van der Waals surface area contributed by atoms with Crippen LogP contribution in [0.1, 0.15) is 35.3 Å². The molecule has 3 aromatic rings. The minimum absolute atomic E-state index is 0.185. The molecule has 0 aliphatic carbocycles. The van der Waals surface area contributed by atoms with E-state index < -0.39 is 0 Å². The van der Waals surface area contributed by atoms with Crippen molar-refractivity contribution in [3.05, 3.63) is 101 Å². The maximum Gasteiger partial charge on any atom is 0.259 e. The van der Waals surface area contributed by atoms with Gasteiger partial charge in [0.25, 0.3) is 11.8 Å². The number of nitrogens with zero attached hydrogens (tertiary/aromatic N) is 2. The van der Waals surface area contributed by atoms with Crippen LogP contribution in [-0.4, -0.2) is 41.3 Å². The van der Waals surface area contributed by atoms with Crippen molar-refractivity contribution < 1.29 is 14.3 Å². The van der Waals surface area contributed by atoms with Crippen molar-refractivity contribution in [3.63, 3.8) is 0 Å². The Morgan fingerprint density at radius 2 is 1.68 bits per heavy atom. The fourth-order valence-electron chi connectivity index (χ4n) is 4.64. The smallest absolute Gasteiger partial charge is 0.259 e. The highest BCUT2D eigenvalue weighted by molar-refractivity contribution is 8.13. The molecule has 0 saturated carbocycles. The quantitative estimate of drug-likeness (QED) is 0.442. The van der Waals surface area contributed by atoms with Gasteiger partial charge in [0.15, 0.2) is 5.17 Å². The van der Waals surface area contributed by atoms with E-state index in [0.29, 0.717) is 28.3 Å². The number of ether oxygens (including phenoxy) is 1. The number of carbonyl (C=O) groups excluding carboxylic acids is 2. The van der Waals surface area contributed by atoms with Gasteiger partial charge in [-0.3, -0.25) is 9.59 Å². The fourth-order valence-corrected chi connectivity index (χ4v) is 5.66. The molecule has 2 N–H and O–H groups in total. The van der Waals surface area contributed by atoms with Crippen LogP contribution in [0.25, 0.3) is 0 Å². The Kier molecular flexibility index (Phi) is 7.28. The van der Waals surface area contributed by atoms with Crippen LogP contribution in [0.5, 0.6) is 5.75 Å². The summed E-state index contributed by atoms with van der Waals surface area (Å²) in [6.07, 6.45) is 0.997. The zero-order chi connectivity index (χ0) is 25.8. The molecular weight excluding hydrogens is 484 g/mol. The third-order valence-electron chi connectivity index (χ3n) is 6.35. The molecule has 0 spiro atoms. The van der Waals surface area contributed by atoms with Crippen molar-refractivity contribution in [1.82, 2.24) is 4.90 Å². The molecule has 3 aromatic carbocycles. The predicted octanol–water partition coefficient (Wildman–Crippen LogP) is 5.71. The lowest BCUT2D eigenvalue weighted by atomic mass is 9.93. The molecule has 0 aromatic heterocycles. The number of amidine groups is 1. The number of hydrogen-bond acceptors (Lipinski definition) is 6. The Bertz CT molecular complexity index is 1390. The van der Waals surface area contributed by atoms with Crippen LogP contribution in [-0.2, 0) is 4.79 Å². The lowest BCUT2D eigenvalue weighted by molar-refractivity contribution is -0.113. The van der Waals surface area contributed by atoms with Gasteiger partial charge < -0.3 is 20.3 Å². The van der Waals surface area contributed by atoms with Crippen LogP contribution >= 0.6 is 11.8 Å². The Morgan fingerprint density at radius 3 is 2.49 bits per heavy atom. The van der Waals surface area contributed by atoms with Gasteiger partial charge in [-0.15, -0.1) is 0 Å². The van der Waals surface area contributed by atoms with Gasteiger partial charge in [0.2, 0.25) is 0 Å². The topological polar surface area (TPSA) is 83.0 Å². The van der Waals surface area contributed by atoms with E-state index >= 15 is 0 Å². The molecule has 2 aliphatic rings. The lowest BCUT2D eigenvalue weighted by Gasteiger charge is -2.41. The van der Waals surface area contributed by atoms with Crippen molar-refractivity contribution in [2.24, 2.45) is 4.99 Å². The van der Waals surface area contributed by atoms with E-state index in [0.717, 1.165) is 35.1 Å². The number of rotatable bonds is 6. The molecule has 0 radical (unpaired) electrons. The van der Waals surface area contributed by atoms with Crippen molar-refractivity contribution >= 4 is 40.1 Å². The number of fused-ring (bicyclic) bond motifs is 1. The summed E-state index contributed by atoms with van der Waals surface area (Å²) in [5, 5.41) is 6.95. The number of para-hydroxylation sites is 2. The zero-order valence-corrected chi connectivity index (χ0v) is 21.5. The first-order valence-electron chi connectivity index (χ1n) is 12.1. The minimum atomic E-state index is -0.327. The average Bonchev–Trinajstić information content (AvgIpc) is 2.92. The number of allylic oxidation sites excluding steroid dienone is 1. The highest BCUT2D eigenvalue weighted by Crippen LogP contribution is 2.40. The Labute approximate surface area is 220 Å². The summed E-state index contributed by atoms with van der Waals surface area (Å²) in [5.74, 6) is 1.06. The second-order valence-corrected chi connectivity index (χ2v) is 9.85. The Hall–Kier alpha value is -4.04. The zero-order valence-electron chi connectivity index (χ0n) is 20.7. The summed E-state index contributed by atoms with van der Waals surface area (Å²) >= 11 is 1.71. The van der Waals surface area contributed by atoms with Gasteiger partial charge in [-0.25, -0.2) is 4.99 Å². The molecule has 2 aliphatic heterocycles. The summed E-state index contributed by atoms with van der Waals surface area (Å²) < 4.78 is 5.35. The summed E-state index contributed by atoms with van der Waals surface area (Å²) in [7, 11) is 1.54. The number of amides is 2. The van der Waals surface area contributed by atoms with Gasteiger partial charge in [0.1, 0.15) is 5.75 Å².